The highest BCUT2D eigenvalue weighted by Gasteiger charge is 2.17. The zero-order valence-electron chi connectivity index (χ0n) is 11.2. The Hall–Kier alpha value is -0.430. The molecule has 0 aliphatic rings. The fraction of sp³-hybridized carbons (Fsp3) is 0.750. The van der Waals surface area contributed by atoms with Crippen LogP contribution in [0.5, 0.6) is 0 Å². The van der Waals surface area contributed by atoms with Crippen LogP contribution in [0.15, 0.2) is 10.7 Å². The van der Waals surface area contributed by atoms with E-state index in [0.29, 0.717) is 13.2 Å². The number of nitrogens with zero attached hydrogens (tertiary/aromatic N) is 2. The van der Waals surface area contributed by atoms with Crippen LogP contribution in [0.2, 0.25) is 0 Å². The minimum Gasteiger partial charge on any atom is -0.383 e. The molecule has 0 bridgehead atoms. The highest BCUT2D eigenvalue weighted by molar-refractivity contribution is 9.10. The fourth-order valence-corrected chi connectivity index (χ4v) is 2.36. The highest BCUT2D eigenvalue weighted by Crippen LogP contribution is 2.25. The molecule has 6 heteroatoms. The second kappa shape index (κ2) is 7.89. The van der Waals surface area contributed by atoms with E-state index in [1.807, 2.05) is 11.6 Å². The summed E-state index contributed by atoms with van der Waals surface area (Å²) in [6.07, 6.45) is 3.81. The number of nitrogens with two attached hydrogens (primary N) is 1. The van der Waals surface area contributed by atoms with E-state index in [1.165, 1.54) is 0 Å². The lowest BCUT2D eigenvalue weighted by Gasteiger charge is -2.17. The molecule has 0 radical (unpaired) electrons. The standard InChI is InChI=1S/C12H22BrN3O2/c1-9(18-3)4-5-11(14)12-10(13)8-15-16(12)6-7-17-2/h8-9,11H,4-7,14H2,1-3H3. The Morgan fingerprint density at radius 1 is 1.44 bits per heavy atom. The third-order valence-corrected chi connectivity index (χ3v) is 3.59. The summed E-state index contributed by atoms with van der Waals surface area (Å²) >= 11 is 3.50. The van der Waals surface area contributed by atoms with Gasteiger partial charge in [0.05, 0.1) is 35.6 Å². The zero-order chi connectivity index (χ0) is 13.5. The van der Waals surface area contributed by atoms with Crippen molar-refractivity contribution in [2.24, 2.45) is 5.73 Å². The third kappa shape index (κ3) is 4.35. The molecule has 0 saturated carbocycles. The van der Waals surface area contributed by atoms with Gasteiger partial charge in [0, 0.05) is 20.3 Å². The Labute approximate surface area is 117 Å². The summed E-state index contributed by atoms with van der Waals surface area (Å²) in [5.74, 6) is 0. The van der Waals surface area contributed by atoms with Crippen LogP contribution in [0, 0.1) is 0 Å². The van der Waals surface area contributed by atoms with Gasteiger partial charge in [-0.1, -0.05) is 0 Å². The molecule has 18 heavy (non-hydrogen) atoms. The van der Waals surface area contributed by atoms with Crippen molar-refractivity contribution in [3.8, 4) is 0 Å². The van der Waals surface area contributed by atoms with Gasteiger partial charge < -0.3 is 15.2 Å². The molecule has 0 aromatic carbocycles. The van der Waals surface area contributed by atoms with Gasteiger partial charge in [0.1, 0.15) is 0 Å². The normalized spacial score (nSPS) is 14.7. The predicted octanol–water partition coefficient (Wildman–Crippen LogP) is 2.11. The lowest BCUT2D eigenvalue weighted by atomic mass is 10.1. The zero-order valence-corrected chi connectivity index (χ0v) is 12.8. The highest BCUT2D eigenvalue weighted by atomic mass is 79.9. The molecule has 1 heterocycles. The van der Waals surface area contributed by atoms with Crippen molar-refractivity contribution in [1.82, 2.24) is 9.78 Å². The molecule has 0 amide bonds. The first-order valence-electron chi connectivity index (χ1n) is 6.08. The van der Waals surface area contributed by atoms with E-state index in [9.17, 15) is 0 Å². The van der Waals surface area contributed by atoms with Gasteiger partial charge in [-0.15, -0.1) is 0 Å². The molecule has 0 spiro atoms. The number of hydrogen-bond donors (Lipinski definition) is 1. The molecule has 2 unspecified atom stereocenters. The van der Waals surface area contributed by atoms with Crippen LogP contribution in [0.4, 0.5) is 0 Å². The van der Waals surface area contributed by atoms with Crippen LogP contribution < -0.4 is 5.73 Å². The number of ether oxygens (including phenoxy) is 2. The maximum Gasteiger partial charge on any atom is 0.0694 e. The molecule has 2 N–H and O–H groups in total. The van der Waals surface area contributed by atoms with Crippen LogP contribution >= 0.6 is 15.9 Å². The summed E-state index contributed by atoms with van der Waals surface area (Å²) in [6, 6.07) is -0.0451. The Morgan fingerprint density at radius 2 is 2.17 bits per heavy atom. The maximum atomic E-state index is 6.23. The quantitative estimate of drug-likeness (QED) is 0.797. The Morgan fingerprint density at radius 3 is 2.78 bits per heavy atom. The van der Waals surface area contributed by atoms with Crippen LogP contribution in [-0.2, 0) is 16.0 Å². The SMILES string of the molecule is COCCn1ncc(Br)c1C(N)CCC(C)OC. The van der Waals surface area contributed by atoms with Gasteiger partial charge in [-0.05, 0) is 35.7 Å². The molecule has 1 aromatic heterocycles. The summed E-state index contributed by atoms with van der Waals surface area (Å²) in [5.41, 5.74) is 7.25. The maximum absolute atomic E-state index is 6.23. The largest absolute Gasteiger partial charge is 0.383 e. The average Bonchev–Trinajstić information content (AvgIpc) is 2.74. The number of hydrogen-bond acceptors (Lipinski definition) is 4. The van der Waals surface area contributed by atoms with Gasteiger partial charge in [-0.25, -0.2) is 0 Å². The minimum absolute atomic E-state index is 0.0451. The first-order valence-corrected chi connectivity index (χ1v) is 6.88. The first-order chi connectivity index (χ1) is 8.60. The molecule has 0 aliphatic carbocycles. The lowest BCUT2D eigenvalue weighted by Crippen LogP contribution is -2.20. The van der Waals surface area contributed by atoms with Crippen molar-refractivity contribution in [2.75, 3.05) is 20.8 Å². The first kappa shape index (κ1) is 15.6. The Kier molecular flexibility index (Phi) is 6.85. The van der Waals surface area contributed by atoms with Gasteiger partial charge in [-0.3, -0.25) is 4.68 Å². The lowest BCUT2D eigenvalue weighted by molar-refractivity contribution is 0.107. The summed E-state index contributed by atoms with van der Waals surface area (Å²) in [5, 5.41) is 4.30. The number of methoxy groups -OCH3 is 2. The molecule has 5 nitrogen and oxygen atoms in total. The molecule has 1 aromatic rings. The molecule has 0 aliphatic heterocycles. The van der Waals surface area contributed by atoms with Gasteiger partial charge >= 0.3 is 0 Å². The monoisotopic (exact) mass is 319 g/mol. The van der Waals surface area contributed by atoms with Gasteiger partial charge in [0.25, 0.3) is 0 Å². The molecule has 1 rings (SSSR count). The topological polar surface area (TPSA) is 62.3 Å². The summed E-state index contributed by atoms with van der Waals surface area (Å²) in [6.45, 7) is 3.39. The Bertz CT molecular complexity index is 357. The van der Waals surface area contributed by atoms with Crippen LogP contribution in [-0.4, -0.2) is 36.7 Å². The molecule has 2 atom stereocenters. The van der Waals surface area contributed by atoms with Crippen molar-refractivity contribution >= 4 is 15.9 Å². The van der Waals surface area contributed by atoms with Crippen LogP contribution in [0.25, 0.3) is 0 Å². The van der Waals surface area contributed by atoms with Crippen LogP contribution in [0.3, 0.4) is 0 Å². The summed E-state index contributed by atoms with van der Waals surface area (Å²) in [4.78, 5) is 0. The smallest absolute Gasteiger partial charge is 0.0694 e. The fourth-order valence-electron chi connectivity index (χ4n) is 1.77. The van der Waals surface area contributed by atoms with Crippen molar-refractivity contribution in [2.45, 2.75) is 38.5 Å². The number of rotatable bonds is 8. The van der Waals surface area contributed by atoms with Crippen molar-refractivity contribution < 1.29 is 9.47 Å². The van der Waals surface area contributed by atoms with Crippen molar-refractivity contribution in [3.05, 3.63) is 16.4 Å². The Balaban J connectivity index is 2.65. The number of halogens is 1. The van der Waals surface area contributed by atoms with Crippen LogP contribution in [0.1, 0.15) is 31.5 Å². The van der Waals surface area contributed by atoms with E-state index < -0.39 is 0 Å². The second-order valence-corrected chi connectivity index (χ2v) is 5.18. The van der Waals surface area contributed by atoms with Gasteiger partial charge in [0.15, 0.2) is 0 Å². The molecule has 0 saturated heterocycles. The van der Waals surface area contributed by atoms with Gasteiger partial charge in [-0.2, -0.15) is 5.10 Å². The second-order valence-electron chi connectivity index (χ2n) is 4.32. The van der Waals surface area contributed by atoms with E-state index in [1.54, 1.807) is 20.4 Å². The predicted molar refractivity (Wildman–Crippen MR) is 74.4 cm³/mol. The molecule has 104 valence electrons. The van der Waals surface area contributed by atoms with Gasteiger partial charge in [0.2, 0.25) is 0 Å². The average molecular weight is 320 g/mol. The summed E-state index contributed by atoms with van der Waals surface area (Å²) < 4.78 is 13.2. The van der Waals surface area contributed by atoms with E-state index in [4.69, 9.17) is 15.2 Å². The van der Waals surface area contributed by atoms with E-state index in [0.717, 1.165) is 23.0 Å². The molecular weight excluding hydrogens is 298 g/mol. The molecular formula is C12H22BrN3O2. The van der Waals surface area contributed by atoms with E-state index in [-0.39, 0.29) is 12.1 Å². The van der Waals surface area contributed by atoms with Crippen molar-refractivity contribution in [1.29, 1.82) is 0 Å². The number of aromatic nitrogens is 2. The molecule has 0 fully saturated rings. The van der Waals surface area contributed by atoms with E-state index in [2.05, 4.69) is 21.0 Å². The minimum atomic E-state index is -0.0451. The summed E-state index contributed by atoms with van der Waals surface area (Å²) in [7, 11) is 3.40. The van der Waals surface area contributed by atoms with Crippen molar-refractivity contribution in [3.63, 3.8) is 0 Å². The third-order valence-electron chi connectivity index (χ3n) is 2.98. The van der Waals surface area contributed by atoms with E-state index >= 15 is 0 Å².